The second-order valence-corrected chi connectivity index (χ2v) is 3.87. The van der Waals surface area contributed by atoms with Gasteiger partial charge in [0.1, 0.15) is 5.75 Å². The van der Waals surface area contributed by atoms with E-state index < -0.39 is 0 Å². The molecule has 1 aromatic carbocycles. The molecule has 0 fully saturated rings. The van der Waals surface area contributed by atoms with Crippen molar-refractivity contribution in [2.75, 3.05) is 12.3 Å². The number of anilines is 1. The lowest BCUT2D eigenvalue weighted by Crippen LogP contribution is -1.96. The molecule has 1 aromatic heterocycles. The molecule has 2 N–H and O–H groups in total. The molecule has 1 heterocycles. The molecule has 0 unspecified atom stereocenters. The van der Waals surface area contributed by atoms with Crippen LogP contribution in [0.1, 0.15) is 12.6 Å². The van der Waals surface area contributed by atoms with Crippen molar-refractivity contribution < 1.29 is 4.74 Å². The van der Waals surface area contributed by atoms with Gasteiger partial charge in [0, 0.05) is 29.2 Å². The van der Waals surface area contributed by atoms with Crippen LogP contribution in [0.2, 0.25) is 0 Å². The second kappa shape index (κ2) is 4.87. The van der Waals surface area contributed by atoms with Crippen molar-refractivity contribution in [3.05, 3.63) is 42.2 Å². The minimum Gasteiger partial charge on any atom is -0.493 e. The van der Waals surface area contributed by atoms with E-state index in [4.69, 9.17) is 10.5 Å². The van der Waals surface area contributed by atoms with E-state index in [1.807, 2.05) is 44.2 Å². The fourth-order valence-electron chi connectivity index (χ4n) is 1.77. The van der Waals surface area contributed by atoms with E-state index in [2.05, 4.69) is 4.98 Å². The number of nitrogens with two attached hydrogens (primary N) is 1. The highest BCUT2D eigenvalue weighted by molar-refractivity contribution is 5.73. The molecule has 17 heavy (non-hydrogen) atoms. The normalized spacial score (nSPS) is 10.2. The summed E-state index contributed by atoms with van der Waals surface area (Å²) in [5.41, 5.74) is 9.62. The molecule has 0 saturated heterocycles. The van der Waals surface area contributed by atoms with E-state index in [1.165, 1.54) is 0 Å². The van der Waals surface area contributed by atoms with Crippen LogP contribution < -0.4 is 10.5 Å². The van der Waals surface area contributed by atoms with Crippen molar-refractivity contribution in [1.82, 2.24) is 4.98 Å². The van der Waals surface area contributed by atoms with Crippen molar-refractivity contribution in [2.24, 2.45) is 0 Å². The molecule has 0 spiro atoms. The summed E-state index contributed by atoms with van der Waals surface area (Å²) in [6.07, 6.45) is 1.80. The first-order chi connectivity index (χ1) is 8.20. The van der Waals surface area contributed by atoms with Crippen molar-refractivity contribution >= 4 is 5.69 Å². The topological polar surface area (TPSA) is 48.1 Å². The zero-order valence-corrected chi connectivity index (χ0v) is 10.1. The van der Waals surface area contributed by atoms with Crippen LogP contribution in [0.3, 0.4) is 0 Å². The molecular formula is C14H16N2O. The Hall–Kier alpha value is -2.03. The summed E-state index contributed by atoms with van der Waals surface area (Å²) < 4.78 is 5.61. The zero-order valence-electron chi connectivity index (χ0n) is 10.1. The predicted octanol–water partition coefficient (Wildman–Crippen LogP) is 3.04. The lowest BCUT2D eigenvalue weighted by atomic mass is 10.0. The molecule has 3 heteroatoms. The number of nitrogens with zero attached hydrogens (tertiary/aromatic N) is 1. The summed E-state index contributed by atoms with van der Waals surface area (Å²) in [7, 11) is 0. The third-order valence-corrected chi connectivity index (χ3v) is 2.51. The molecule has 2 rings (SSSR count). The summed E-state index contributed by atoms with van der Waals surface area (Å²) in [4.78, 5) is 4.19. The highest BCUT2D eigenvalue weighted by Gasteiger charge is 2.06. The minimum atomic E-state index is 0.626. The number of ether oxygens (including phenoxy) is 1. The number of pyridine rings is 1. The number of hydrogen-bond acceptors (Lipinski definition) is 3. The largest absolute Gasteiger partial charge is 0.493 e. The Balaban J connectivity index is 2.50. The van der Waals surface area contributed by atoms with Gasteiger partial charge < -0.3 is 10.5 Å². The fourth-order valence-corrected chi connectivity index (χ4v) is 1.77. The maximum Gasteiger partial charge on any atom is 0.129 e. The Kier molecular flexibility index (Phi) is 3.28. The van der Waals surface area contributed by atoms with E-state index in [-0.39, 0.29) is 0 Å². The van der Waals surface area contributed by atoms with Gasteiger partial charge in [-0.1, -0.05) is 0 Å². The summed E-state index contributed by atoms with van der Waals surface area (Å²) in [6, 6.07) is 9.73. The Morgan fingerprint density at radius 3 is 2.76 bits per heavy atom. The Bertz CT molecular complexity index is 523. The molecule has 88 valence electrons. The number of aromatic nitrogens is 1. The van der Waals surface area contributed by atoms with Crippen LogP contribution in [0.4, 0.5) is 5.69 Å². The molecule has 2 aromatic rings. The van der Waals surface area contributed by atoms with Crippen LogP contribution in [-0.4, -0.2) is 11.6 Å². The predicted molar refractivity (Wildman–Crippen MR) is 70.0 cm³/mol. The van der Waals surface area contributed by atoms with Crippen LogP contribution in [0.5, 0.6) is 5.75 Å². The van der Waals surface area contributed by atoms with Crippen molar-refractivity contribution in [3.8, 4) is 16.9 Å². The molecule has 0 saturated carbocycles. The van der Waals surface area contributed by atoms with Crippen LogP contribution in [0.25, 0.3) is 11.1 Å². The van der Waals surface area contributed by atoms with E-state index in [0.29, 0.717) is 12.3 Å². The molecule has 3 nitrogen and oxygen atoms in total. The third-order valence-electron chi connectivity index (χ3n) is 2.51. The molecule has 0 amide bonds. The Morgan fingerprint density at radius 1 is 1.24 bits per heavy atom. The van der Waals surface area contributed by atoms with Crippen molar-refractivity contribution in [3.63, 3.8) is 0 Å². The quantitative estimate of drug-likeness (QED) is 0.821. The number of hydrogen-bond donors (Lipinski definition) is 1. The number of aryl methyl sites for hydroxylation is 1. The summed E-state index contributed by atoms with van der Waals surface area (Å²) >= 11 is 0. The number of benzene rings is 1. The van der Waals surface area contributed by atoms with Gasteiger partial charge in [0.05, 0.1) is 6.61 Å². The van der Waals surface area contributed by atoms with Gasteiger partial charge in [-0.05, 0) is 43.7 Å². The average Bonchev–Trinajstić information content (AvgIpc) is 2.29. The highest BCUT2D eigenvalue weighted by atomic mass is 16.5. The molecule has 0 radical (unpaired) electrons. The molecule has 0 atom stereocenters. The average molecular weight is 228 g/mol. The molecular weight excluding hydrogens is 212 g/mol. The molecule has 0 aliphatic carbocycles. The summed E-state index contributed by atoms with van der Waals surface area (Å²) in [5, 5.41) is 0. The van der Waals surface area contributed by atoms with Crippen LogP contribution in [0, 0.1) is 6.92 Å². The lowest BCUT2D eigenvalue weighted by Gasteiger charge is -2.11. The zero-order chi connectivity index (χ0) is 12.3. The van der Waals surface area contributed by atoms with Crippen molar-refractivity contribution in [1.29, 1.82) is 0 Å². The molecule has 0 aliphatic rings. The van der Waals surface area contributed by atoms with Gasteiger partial charge in [0.25, 0.3) is 0 Å². The first kappa shape index (κ1) is 11.5. The Morgan fingerprint density at radius 2 is 2.06 bits per heavy atom. The van der Waals surface area contributed by atoms with Gasteiger partial charge >= 0.3 is 0 Å². The molecule has 0 aliphatic heterocycles. The van der Waals surface area contributed by atoms with Crippen LogP contribution in [-0.2, 0) is 0 Å². The van der Waals surface area contributed by atoms with Gasteiger partial charge in [-0.15, -0.1) is 0 Å². The number of rotatable bonds is 3. The monoisotopic (exact) mass is 228 g/mol. The molecule has 0 bridgehead atoms. The first-order valence-electron chi connectivity index (χ1n) is 5.66. The van der Waals surface area contributed by atoms with E-state index >= 15 is 0 Å². The first-order valence-corrected chi connectivity index (χ1v) is 5.66. The maximum atomic E-state index is 5.77. The van der Waals surface area contributed by atoms with Gasteiger partial charge in [0.15, 0.2) is 0 Å². The Labute approximate surface area is 101 Å². The summed E-state index contributed by atoms with van der Waals surface area (Å²) in [5.74, 6) is 0.818. The van der Waals surface area contributed by atoms with Crippen molar-refractivity contribution in [2.45, 2.75) is 13.8 Å². The smallest absolute Gasteiger partial charge is 0.129 e. The van der Waals surface area contributed by atoms with Gasteiger partial charge in [-0.3, -0.25) is 4.98 Å². The van der Waals surface area contributed by atoms with E-state index in [1.54, 1.807) is 6.20 Å². The SMILES string of the molecule is CCOc1cc(N)ccc1-c1ccnc(C)c1. The minimum absolute atomic E-state index is 0.626. The van der Waals surface area contributed by atoms with Gasteiger partial charge in [0.2, 0.25) is 0 Å². The van der Waals surface area contributed by atoms with Gasteiger partial charge in [-0.2, -0.15) is 0 Å². The maximum absolute atomic E-state index is 5.77. The number of nitrogen functional groups attached to an aromatic ring is 1. The third kappa shape index (κ3) is 2.56. The van der Waals surface area contributed by atoms with E-state index in [9.17, 15) is 0 Å². The van der Waals surface area contributed by atoms with E-state index in [0.717, 1.165) is 22.6 Å². The summed E-state index contributed by atoms with van der Waals surface area (Å²) in [6.45, 7) is 4.56. The standard InChI is InChI=1S/C14H16N2O/c1-3-17-14-9-12(15)4-5-13(14)11-6-7-16-10(2)8-11/h4-9H,3,15H2,1-2H3. The van der Waals surface area contributed by atoms with Crippen LogP contribution >= 0.6 is 0 Å². The lowest BCUT2D eigenvalue weighted by molar-refractivity contribution is 0.342. The highest BCUT2D eigenvalue weighted by Crippen LogP contribution is 2.31. The van der Waals surface area contributed by atoms with Gasteiger partial charge in [-0.25, -0.2) is 0 Å². The van der Waals surface area contributed by atoms with Crippen LogP contribution in [0.15, 0.2) is 36.5 Å². The fraction of sp³-hybridized carbons (Fsp3) is 0.214. The second-order valence-electron chi connectivity index (χ2n) is 3.87.